The van der Waals surface area contributed by atoms with Crippen LogP contribution >= 0.6 is 0 Å². The SMILES string of the molecule is N#Cc1ccc2c(C(O)(CC=Cc3ccccc3)C(F)(F)F)cn(Cc3cccc(F)c3)c2c1. The van der Waals surface area contributed by atoms with E-state index >= 15 is 0 Å². The van der Waals surface area contributed by atoms with Gasteiger partial charge in [0.2, 0.25) is 0 Å². The van der Waals surface area contributed by atoms with E-state index in [1.807, 2.05) is 6.07 Å². The third-order valence-electron chi connectivity index (χ3n) is 5.69. The molecule has 0 saturated carbocycles. The van der Waals surface area contributed by atoms with Crippen molar-refractivity contribution >= 4 is 17.0 Å². The molecule has 1 aromatic heterocycles. The van der Waals surface area contributed by atoms with Gasteiger partial charge in [0.05, 0.1) is 17.1 Å². The van der Waals surface area contributed by atoms with E-state index in [1.165, 1.54) is 59.3 Å². The van der Waals surface area contributed by atoms with Crippen LogP contribution in [0.1, 0.15) is 28.7 Å². The van der Waals surface area contributed by atoms with Gasteiger partial charge in [0.15, 0.2) is 5.60 Å². The van der Waals surface area contributed by atoms with Crippen molar-refractivity contribution in [1.29, 1.82) is 5.26 Å². The zero-order valence-corrected chi connectivity index (χ0v) is 17.9. The first-order valence-electron chi connectivity index (χ1n) is 10.5. The minimum Gasteiger partial charge on any atom is -0.376 e. The highest BCUT2D eigenvalue weighted by Gasteiger charge is 2.55. The standard InChI is InChI=1S/C27H20F4N2O/c28-22-10-4-8-21(14-22)17-33-18-24(23-12-11-20(16-32)15-25(23)33)26(34,27(29,30)31)13-5-9-19-6-2-1-3-7-19/h1-12,14-15,18,34H,13,17H2. The lowest BCUT2D eigenvalue weighted by Crippen LogP contribution is -2.41. The largest absolute Gasteiger partial charge is 0.421 e. The van der Waals surface area contributed by atoms with Crippen molar-refractivity contribution in [3.63, 3.8) is 0 Å². The van der Waals surface area contributed by atoms with Gasteiger partial charge in [-0.1, -0.05) is 60.7 Å². The first-order valence-corrected chi connectivity index (χ1v) is 10.5. The van der Waals surface area contributed by atoms with Gasteiger partial charge in [0.1, 0.15) is 5.82 Å². The second-order valence-electron chi connectivity index (χ2n) is 8.02. The number of hydrogen-bond acceptors (Lipinski definition) is 2. The molecular weight excluding hydrogens is 444 g/mol. The summed E-state index contributed by atoms with van der Waals surface area (Å²) in [5, 5.41) is 20.5. The fourth-order valence-electron chi connectivity index (χ4n) is 3.96. The van der Waals surface area contributed by atoms with Gasteiger partial charge in [0, 0.05) is 30.1 Å². The first kappa shape index (κ1) is 23.3. The third kappa shape index (κ3) is 4.59. The molecular formula is C27H20F4N2O. The Morgan fingerprint density at radius 3 is 2.41 bits per heavy atom. The maximum absolute atomic E-state index is 14.3. The Kier molecular flexibility index (Phi) is 6.27. The van der Waals surface area contributed by atoms with E-state index in [2.05, 4.69) is 0 Å². The molecule has 0 aliphatic heterocycles. The number of fused-ring (bicyclic) bond motifs is 1. The van der Waals surface area contributed by atoms with Gasteiger partial charge in [-0.3, -0.25) is 0 Å². The van der Waals surface area contributed by atoms with Crippen LogP contribution in [0.5, 0.6) is 0 Å². The van der Waals surface area contributed by atoms with Crippen LogP contribution in [-0.4, -0.2) is 15.8 Å². The van der Waals surface area contributed by atoms with Crippen molar-refractivity contribution in [3.8, 4) is 6.07 Å². The molecule has 1 N–H and O–H groups in total. The Balaban J connectivity index is 1.82. The van der Waals surface area contributed by atoms with E-state index in [4.69, 9.17) is 0 Å². The van der Waals surface area contributed by atoms with E-state index in [1.54, 1.807) is 36.4 Å². The summed E-state index contributed by atoms with van der Waals surface area (Å²) in [6, 6.07) is 20.8. The van der Waals surface area contributed by atoms with Gasteiger partial charge in [-0.05, 0) is 35.4 Å². The number of rotatable bonds is 6. The lowest BCUT2D eigenvalue weighted by molar-refractivity contribution is -0.264. The fourth-order valence-corrected chi connectivity index (χ4v) is 3.96. The van der Waals surface area contributed by atoms with Crippen LogP contribution in [0.3, 0.4) is 0 Å². The van der Waals surface area contributed by atoms with Crippen molar-refractivity contribution in [3.05, 3.63) is 113 Å². The number of nitriles is 1. The summed E-state index contributed by atoms with van der Waals surface area (Å²) in [6.07, 6.45) is -1.62. The van der Waals surface area contributed by atoms with Crippen molar-refractivity contribution in [2.75, 3.05) is 0 Å². The van der Waals surface area contributed by atoms with E-state index in [0.717, 1.165) is 0 Å². The summed E-state index contributed by atoms with van der Waals surface area (Å²) >= 11 is 0. The molecule has 0 aliphatic carbocycles. The molecule has 0 spiro atoms. The molecule has 34 heavy (non-hydrogen) atoms. The molecule has 0 fully saturated rings. The number of hydrogen-bond donors (Lipinski definition) is 1. The average molecular weight is 464 g/mol. The zero-order chi connectivity index (χ0) is 24.3. The van der Waals surface area contributed by atoms with Gasteiger partial charge >= 0.3 is 6.18 Å². The molecule has 1 atom stereocenters. The molecule has 3 nitrogen and oxygen atoms in total. The number of nitrogens with zero attached hydrogens (tertiary/aromatic N) is 2. The van der Waals surface area contributed by atoms with Gasteiger partial charge in [-0.25, -0.2) is 4.39 Å². The van der Waals surface area contributed by atoms with Crippen molar-refractivity contribution in [2.24, 2.45) is 0 Å². The van der Waals surface area contributed by atoms with E-state index < -0.39 is 24.0 Å². The third-order valence-corrected chi connectivity index (χ3v) is 5.69. The van der Waals surface area contributed by atoms with Gasteiger partial charge in [-0.2, -0.15) is 18.4 Å². The predicted octanol–water partition coefficient (Wildman–Crippen LogP) is 6.55. The Bertz CT molecular complexity index is 1380. The molecule has 172 valence electrons. The molecule has 1 heterocycles. The highest BCUT2D eigenvalue weighted by atomic mass is 19.4. The lowest BCUT2D eigenvalue weighted by atomic mass is 9.88. The average Bonchev–Trinajstić information content (AvgIpc) is 3.17. The number of halogens is 4. The normalized spacial score (nSPS) is 13.8. The summed E-state index contributed by atoms with van der Waals surface area (Å²) in [4.78, 5) is 0. The lowest BCUT2D eigenvalue weighted by Gasteiger charge is -2.29. The topological polar surface area (TPSA) is 48.9 Å². The van der Waals surface area contributed by atoms with Crippen molar-refractivity contribution in [1.82, 2.24) is 4.57 Å². The molecule has 0 saturated heterocycles. The summed E-state index contributed by atoms with van der Waals surface area (Å²) < 4.78 is 58.0. The molecule has 3 aromatic carbocycles. The molecule has 0 bridgehead atoms. The molecule has 4 aromatic rings. The summed E-state index contributed by atoms with van der Waals surface area (Å²) in [5.74, 6) is -0.468. The Morgan fingerprint density at radius 1 is 0.971 bits per heavy atom. The monoisotopic (exact) mass is 464 g/mol. The van der Waals surface area contributed by atoms with Crippen LogP contribution < -0.4 is 0 Å². The molecule has 0 amide bonds. The highest BCUT2D eigenvalue weighted by Crippen LogP contribution is 2.45. The van der Waals surface area contributed by atoms with Gasteiger partial charge in [-0.15, -0.1) is 0 Å². The predicted molar refractivity (Wildman–Crippen MR) is 122 cm³/mol. The summed E-state index contributed by atoms with van der Waals surface area (Å²) in [7, 11) is 0. The molecule has 7 heteroatoms. The van der Waals surface area contributed by atoms with Gasteiger partial charge < -0.3 is 9.67 Å². The number of aromatic nitrogens is 1. The van der Waals surface area contributed by atoms with E-state index in [9.17, 15) is 27.9 Å². The Morgan fingerprint density at radius 2 is 1.74 bits per heavy atom. The number of alkyl halides is 3. The fraction of sp³-hybridized carbons (Fsp3) is 0.148. The van der Waals surface area contributed by atoms with Crippen molar-refractivity contribution < 1.29 is 22.7 Å². The number of benzene rings is 3. The molecule has 4 rings (SSSR count). The number of aliphatic hydroxyl groups is 1. The maximum Gasteiger partial charge on any atom is 0.421 e. The van der Waals surface area contributed by atoms with E-state index in [0.29, 0.717) is 16.6 Å². The Hall–Kier alpha value is -3.89. The van der Waals surface area contributed by atoms with Gasteiger partial charge in [0.25, 0.3) is 0 Å². The highest BCUT2D eigenvalue weighted by molar-refractivity contribution is 5.86. The second kappa shape index (κ2) is 9.16. The van der Waals surface area contributed by atoms with E-state index in [-0.39, 0.29) is 23.1 Å². The van der Waals surface area contributed by atoms with Crippen LogP contribution in [0, 0.1) is 17.1 Å². The van der Waals surface area contributed by atoms with Crippen molar-refractivity contribution in [2.45, 2.75) is 24.7 Å². The molecule has 1 unspecified atom stereocenters. The second-order valence-corrected chi connectivity index (χ2v) is 8.02. The molecule has 0 radical (unpaired) electrons. The first-order chi connectivity index (χ1) is 16.2. The minimum absolute atomic E-state index is 0.0664. The summed E-state index contributed by atoms with van der Waals surface area (Å²) in [5.41, 5.74) is -1.65. The summed E-state index contributed by atoms with van der Waals surface area (Å²) in [6.45, 7) is 0.0664. The Labute approximate surface area is 193 Å². The maximum atomic E-state index is 14.3. The zero-order valence-electron chi connectivity index (χ0n) is 17.9. The minimum atomic E-state index is -4.97. The van der Waals surface area contributed by atoms with Crippen LogP contribution in [0.2, 0.25) is 0 Å². The quantitative estimate of drug-likeness (QED) is 0.329. The smallest absolute Gasteiger partial charge is 0.376 e. The van der Waals surface area contributed by atoms with Crippen LogP contribution in [-0.2, 0) is 12.1 Å². The van der Waals surface area contributed by atoms with Crippen LogP contribution in [0.25, 0.3) is 17.0 Å². The van der Waals surface area contributed by atoms with Crippen LogP contribution in [0.15, 0.2) is 85.1 Å². The van der Waals surface area contributed by atoms with Crippen LogP contribution in [0.4, 0.5) is 17.6 Å². The molecule has 0 aliphatic rings.